The van der Waals surface area contributed by atoms with E-state index in [0.29, 0.717) is 42.9 Å². The highest BCUT2D eigenvalue weighted by atomic mass is 16.5. The number of hydrogen-bond acceptors (Lipinski definition) is 6. The van der Waals surface area contributed by atoms with Crippen molar-refractivity contribution in [1.29, 1.82) is 5.26 Å². The van der Waals surface area contributed by atoms with Crippen LogP contribution in [0.4, 0.5) is 0 Å². The van der Waals surface area contributed by atoms with Crippen LogP contribution in [-0.4, -0.2) is 36.7 Å². The van der Waals surface area contributed by atoms with Crippen molar-refractivity contribution in [2.45, 2.75) is 51.0 Å². The van der Waals surface area contributed by atoms with Crippen molar-refractivity contribution in [3.63, 3.8) is 0 Å². The number of rotatable bonds is 8. The Morgan fingerprint density at radius 3 is 2.75 bits per heavy atom. The first-order valence-electron chi connectivity index (χ1n) is 12.8. The average Bonchev–Trinajstić information content (AvgIpc) is 3.19. The van der Waals surface area contributed by atoms with E-state index in [2.05, 4.69) is 16.7 Å². The van der Waals surface area contributed by atoms with Crippen LogP contribution in [0.3, 0.4) is 0 Å². The standard InChI is InChI=1S/C28H29N3O5/c1-36-22-4-2-3-15-8-16(9-18(15)22)25(33)30-20(7-14-5-6-14)21(32)12-28(13-29)11-17-10-19(28)24-23(17)26(34)31-27(24)35/h2-4,9,14,17,19-20,23-24H,5-8,10-12H2,1H3,(H,30,33)(H,31,34,35)/t17-,19-,20?,23+,24-,28?/m1/s1. The van der Waals surface area contributed by atoms with Gasteiger partial charge in [0.05, 0.1) is 36.5 Å². The molecule has 1 saturated heterocycles. The summed E-state index contributed by atoms with van der Waals surface area (Å²) in [5.74, 6) is -1.10. The Balaban J connectivity index is 1.19. The van der Waals surface area contributed by atoms with E-state index in [1.807, 2.05) is 24.3 Å². The molecule has 1 aliphatic heterocycles. The van der Waals surface area contributed by atoms with Gasteiger partial charge in [-0.3, -0.25) is 24.5 Å². The van der Waals surface area contributed by atoms with Crippen LogP contribution in [0.25, 0.3) is 6.08 Å². The fourth-order valence-corrected chi connectivity index (χ4v) is 7.25. The van der Waals surface area contributed by atoms with Gasteiger partial charge in [-0.25, -0.2) is 0 Å². The highest BCUT2D eigenvalue weighted by Crippen LogP contribution is 2.63. The summed E-state index contributed by atoms with van der Waals surface area (Å²) in [5.41, 5.74) is 1.52. The summed E-state index contributed by atoms with van der Waals surface area (Å²) in [6.45, 7) is 0. The zero-order chi connectivity index (χ0) is 25.2. The van der Waals surface area contributed by atoms with Gasteiger partial charge in [-0.05, 0) is 54.7 Å². The van der Waals surface area contributed by atoms with E-state index in [1.54, 1.807) is 7.11 Å². The molecule has 0 radical (unpaired) electrons. The number of methoxy groups -OCH3 is 1. The second kappa shape index (κ2) is 8.29. The molecule has 5 aliphatic rings. The van der Waals surface area contributed by atoms with Gasteiger partial charge in [-0.15, -0.1) is 0 Å². The predicted molar refractivity (Wildman–Crippen MR) is 128 cm³/mol. The minimum atomic E-state index is -0.965. The number of ketones is 1. The molecule has 1 aromatic carbocycles. The lowest BCUT2D eigenvalue weighted by Gasteiger charge is -2.36. The molecule has 3 saturated carbocycles. The molecule has 186 valence electrons. The van der Waals surface area contributed by atoms with Gasteiger partial charge >= 0.3 is 0 Å². The number of nitrogens with one attached hydrogen (secondary N) is 2. The van der Waals surface area contributed by atoms with Gasteiger partial charge in [0.25, 0.3) is 0 Å². The molecule has 4 aliphatic carbocycles. The van der Waals surface area contributed by atoms with E-state index in [4.69, 9.17) is 4.74 Å². The van der Waals surface area contributed by atoms with Crippen LogP contribution < -0.4 is 15.4 Å². The van der Waals surface area contributed by atoms with E-state index in [9.17, 15) is 24.4 Å². The van der Waals surface area contributed by atoms with Crippen molar-refractivity contribution in [2.75, 3.05) is 7.11 Å². The molecule has 4 fully saturated rings. The fraction of sp³-hybridized carbons (Fsp3) is 0.536. The molecule has 1 aromatic rings. The van der Waals surface area contributed by atoms with E-state index < -0.39 is 17.4 Å². The van der Waals surface area contributed by atoms with E-state index >= 15 is 0 Å². The molecular weight excluding hydrogens is 458 g/mol. The van der Waals surface area contributed by atoms with Crippen molar-refractivity contribution in [3.8, 4) is 11.8 Å². The number of carbonyl (C=O) groups excluding carboxylic acids is 4. The minimum absolute atomic E-state index is 0.000119. The molecular formula is C28H29N3O5. The monoisotopic (exact) mass is 487 g/mol. The quantitative estimate of drug-likeness (QED) is 0.542. The summed E-state index contributed by atoms with van der Waals surface area (Å²) in [6, 6.07) is 7.44. The maximum Gasteiger partial charge on any atom is 0.248 e. The number of nitrogens with zero attached hydrogens (tertiary/aromatic N) is 1. The zero-order valence-electron chi connectivity index (χ0n) is 20.2. The van der Waals surface area contributed by atoms with Crippen LogP contribution in [0, 0.1) is 46.3 Å². The summed E-state index contributed by atoms with van der Waals surface area (Å²) in [4.78, 5) is 51.6. The molecule has 1 heterocycles. The number of nitriles is 1. The van der Waals surface area contributed by atoms with Crippen LogP contribution in [0.1, 0.15) is 49.7 Å². The number of benzene rings is 1. The summed E-state index contributed by atoms with van der Waals surface area (Å²) in [7, 11) is 1.60. The normalized spacial score (nSPS) is 32.3. The van der Waals surface area contributed by atoms with E-state index in [-0.39, 0.29) is 47.7 Å². The maximum atomic E-state index is 13.6. The third-order valence-corrected chi connectivity index (χ3v) is 9.11. The number of ether oxygens (including phenoxy) is 1. The Bertz CT molecular complexity index is 1260. The first kappa shape index (κ1) is 23.0. The van der Waals surface area contributed by atoms with Crippen LogP contribution in [0.5, 0.6) is 5.75 Å². The Morgan fingerprint density at radius 1 is 1.25 bits per heavy atom. The van der Waals surface area contributed by atoms with Crippen LogP contribution in [0.15, 0.2) is 23.8 Å². The second-order valence-electron chi connectivity index (χ2n) is 11.2. The number of carbonyl (C=O) groups is 4. The second-order valence-corrected chi connectivity index (χ2v) is 11.2. The molecule has 6 atom stereocenters. The summed E-state index contributed by atoms with van der Waals surface area (Å²) in [5, 5.41) is 15.6. The van der Waals surface area contributed by atoms with E-state index in [0.717, 1.165) is 24.0 Å². The Labute approximate surface area is 209 Å². The molecule has 8 nitrogen and oxygen atoms in total. The lowest BCUT2D eigenvalue weighted by Crippen LogP contribution is -2.46. The van der Waals surface area contributed by atoms with Gasteiger partial charge in [-0.1, -0.05) is 25.0 Å². The first-order valence-corrected chi connectivity index (χ1v) is 12.8. The fourth-order valence-electron chi connectivity index (χ4n) is 7.25. The largest absolute Gasteiger partial charge is 0.496 e. The number of imide groups is 1. The van der Waals surface area contributed by atoms with Gasteiger partial charge in [-0.2, -0.15) is 5.26 Å². The molecule has 2 bridgehead atoms. The number of hydrogen-bond donors (Lipinski definition) is 2. The lowest BCUT2D eigenvalue weighted by atomic mass is 9.63. The van der Waals surface area contributed by atoms with Gasteiger partial charge in [0.15, 0.2) is 5.78 Å². The van der Waals surface area contributed by atoms with Crippen molar-refractivity contribution < 1.29 is 23.9 Å². The van der Waals surface area contributed by atoms with Crippen molar-refractivity contribution >= 4 is 29.6 Å². The SMILES string of the molecule is COc1cccc2c1C=C(C(=O)NC(CC1CC1)C(=O)CC1(C#N)C[C@H]3C[C@@H]1[C@H]1C(=O)NC(=O)[C@@H]31)C2. The predicted octanol–water partition coefficient (Wildman–Crippen LogP) is 2.32. The molecule has 6 rings (SSSR count). The number of Topliss-reactive ketones (excluding diaryl/α,β-unsaturated/α-hetero) is 1. The first-order chi connectivity index (χ1) is 17.3. The van der Waals surface area contributed by atoms with Crippen molar-refractivity contribution in [3.05, 3.63) is 34.9 Å². The summed E-state index contributed by atoms with van der Waals surface area (Å²) < 4.78 is 5.42. The average molecular weight is 488 g/mol. The lowest BCUT2D eigenvalue weighted by molar-refractivity contribution is -0.130. The smallest absolute Gasteiger partial charge is 0.248 e. The minimum Gasteiger partial charge on any atom is -0.496 e. The van der Waals surface area contributed by atoms with Crippen molar-refractivity contribution in [1.82, 2.24) is 10.6 Å². The molecule has 36 heavy (non-hydrogen) atoms. The van der Waals surface area contributed by atoms with Gasteiger partial charge in [0, 0.05) is 24.0 Å². The highest BCUT2D eigenvalue weighted by Gasteiger charge is 2.67. The molecule has 0 spiro atoms. The highest BCUT2D eigenvalue weighted by molar-refractivity contribution is 6.06. The van der Waals surface area contributed by atoms with Crippen LogP contribution in [-0.2, 0) is 25.6 Å². The van der Waals surface area contributed by atoms with Gasteiger partial charge in [0.1, 0.15) is 5.75 Å². The third kappa shape index (κ3) is 3.56. The number of amides is 3. The van der Waals surface area contributed by atoms with Crippen LogP contribution in [0.2, 0.25) is 0 Å². The Kier molecular flexibility index (Phi) is 5.29. The topological polar surface area (TPSA) is 125 Å². The van der Waals surface area contributed by atoms with E-state index in [1.165, 1.54) is 0 Å². The molecule has 2 N–H and O–H groups in total. The van der Waals surface area contributed by atoms with Gasteiger partial charge in [0.2, 0.25) is 17.7 Å². The molecule has 8 heteroatoms. The molecule has 0 aromatic heterocycles. The van der Waals surface area contributed by atoms with Gasteiger partial charge < -0.3 is 10.1 Å². The summed E-state index contributed by atoms with van der Waals surface area (Å²) in [6.07, 6.45) is 6.00. The molecule has 2 unspecified atom stereocenters. The molecule has 3 amide bonds. The third-order valence-electron chi connectivity index (χ3n) is 9.11. The Hall–Kier alpha value is -3.47. The maximum absolute atomic E-state index is 13.6. The van der Waals surface area contributed by atoms with Crippen LogP contribution >= 0.6 is 0 Å². The zero-order valence-corrected chi connectivity index (χ0v) is 20.2. The summed E-state index contributed by atoms with van der Waals surface area (Å²) >= 11 is 0. The Morgan fingerprint density at radius 2 is 2.03 bits per heavy atom. The van der Waals surface area contributed by atoms with Crippen molar-refractivity contribution in [2.24, 2.45) is 35.0 Å². The number of fused-ring (bicyclic) bond motifs is 6.